The van der Waals surface area contributed by atoms with Gasteiger partial charge in [-0.2, -0.15) is 0 Å². The third-order valence-corrected chi connectivity index (χ3v) is 5.19. The van der Waals surface area contributed by atoms with Gasteiger partial charge in [0, 0.05) is 31.5 Å². The van der Waals surface area contributed by atoms with Crippen LogP contribution in [0.25, 0.3) is 11.0 Å². The molecule has 3 aromatic rings. The van der Waals surface area contributed by atoms with Crippen LogP contribution in [-0.4, -0.2) is 48.3 Å². The van der Waals surface area contributed by atoms with E-state index in [1.54, 1.807) is 12.4 Å². The van der Waals surface area contributed by atoms with E-state index in [0.29, 0.717) is 0 Å². The number of rotatable bonds is 6. The van der Waals surface area contributed by atoms with Gasteiger partial charge in [-0.3, -0.25) is 9.78 Å². The van der Waals surface area contributed by atoms with Crippen LogP contribution in [-0.2, 0) is 6.61 Å². The number of likely N-dealkylation sites (tertiary alicyclic amines) is 1. The second kappa shape index (κ2) is 8.62. The van der Waals surface area contributed by atoms with Gasteiger partial charge >= 0.3 is 0 Å². The van der Waals surface area contributed by atoms with Crippen LogP contribution in [0, 0.1) is 0 Å². The van der Waals surface area contributed by atoms with Gasteiger partial charge in [-0.25, -0.2) is 0 Å². The number of aromatic hydroxyl groups is 1. The lowest BCUT2D eigenvalue weighted by molar-refractivity contribution is 0.0908. The minimum Gasteiger partial charge on any atom is -0.504 e. The third kappa shape index (κ3) is 4.18. The van der Waals surface area contributed by atoms with Crippen LogP contribution in [0.2, 0.25) is 0 Å². The Balaban J connectivity index is 1.65. The fourth-order valence-electron chi connectivity index (χ4n) is 3.51. The van der Waals surface area contributed by atoms with Gasteiger partial charge in [-0.05, 0) is 37.6 Å². The summed E-state index contributed by atoms with van der Waals surface area (Å²) in [7, 11) is 3.47. The molecule has 0 spiro atoms. The largest absolute Gasteiger partial charge is 0.504 e. The molecule has 30 heavy (non-hydrogen) atoms. The molecular formula is C22H24N2O6. The van der Waals surface area contributed by atoms with Crippen LogP contribution in [0.4, 0.5) is 0 Å². The molecule has 0 aliphatic carbocycles. The van der Waals surface area contributed by atoms with Crippen molar-refractivity contribution in [2.45, 2.75) is 25.6 Å². The highest BCUT2D eigenvalue weighted by atomic mass is 16.6. The Morgan fingerprint density at radius 2 is 1.97 bits per heavy atom. The van der Waals surface area contributed by atoms with Crippen LogP contribution in [0.1, 0.15) is 18.4 Å². The number of nitrogens with zero attached hydrogens (tertiary/aromatic N) is 2. The summed E-state index contributed by atoms with van der Waals surface area (Å²) in [5.41, 5.74) is 0.663. The fraction of sp³-hybridized carbons (Fsp3) is 0.364. The van der Waals surface area contributed by atoms with Gasteiger partial charge in [-0.1, -0.05) is 0 Å². The van der Waals surface area contributed by atoms with Crippen molar-refractivity contribution in [2.75, 3.05) is 27.2 Å². The van der Waals surface area contributed by atoms with Crippen LogP contribution in [0.5, 0.6) is 23.2 Å². The van der Waals surface area contributed by atoms with Crippen LogP contribution >= 0.6 is 0 Å². The number of phenols is 1. The first kappa shape index (κ1) is 20.0. The summed E-state index contributed by atoms with van der Waals surface area (Å²) >= 11 is 0. The van der Waals surface area contributed by atoms with Crippen molar-refractivity contribution < 1.29 is 23.7 Å². The van der Waals surface area contributed by atoms with Crippen LogP contribution < -0.4 is 19.6 Å². The number of hydrogen-bond donors (Lipinski definition) is 1. The smallest absolute Gasteiger partial charge is 0.289 e. The number of ether oxygens (including phenoxy) is 3. The summed E-state index contributed by atoms with van der Waals surface area (Å²) < 4.78 is 22.8. The van der Waals surface area contributed by atoms with Gasteiger partial charge in [0.15, 0.2) is 11.5 Å². The first-order chi connectivity index (χ1) is 14.5. The van der Waals surface area contributed by atoms with Gasteiger partial charge in [0.2, 0.25) is 11.2 Å². The first-order valence-corrected chi connectivity index (χ1v) is 9.80. The fourth-order valence-corrected chi connectivity index (χ4v) is 3.51. The zero-order valence-corrected chi connectivity index (χ0v) is 17.0. The van der Waals surface area contributed by atoms with Gasteiger partial charge in [0.05, 0.1) is 13.2 Å². The predicted octanol–water partition coefficient (Wildman–Crippen LogP) is 2.95. The van der Waals surface area contributed by atoms with Gasteiger partial charge in [-0.15, -0.1) is 0 Å². The summed E-state index contributed by atoms with van der Waals surface area (Å²) in [6, 6.07) is 6.44. The summed E-state index contributed by atoms with van der Waals surface area (Å²) in [4.78, 5) is 18.9. The normalized spacial score (nSPS) is 15.3. The molecule has 158 valence electrons. The molecule has 1 N–H and O–H groups in total. The van der Waals surface area contributed by atoms with Crippen LogP contribution in [0.3, 0.4) is 0 Å². The lowest BCUT2D eigenvalue weighted by Gasteiger charge is -2.28. The molecule has 0 atom stereocenters. The highest BCUT2D eigenvalue weighted by molar-refractivity contribution is 5.88. The van der Waals surface area contributed by atoms with Crippen molar-refractivity contribution in [1.29, 1.82) is 0 Å². The van der Waals surface area contributed by atoms with Gasteiger partial charge < -0.3 is 28.6 Å². The number of pyridine rings is 1. The van der Waals surface area contributed by atoms with E-state index in [0.717, 1.165) is 31.5 Å². The van der Waals surface area contributed by atoms with E-state index < -0.39 is 5.43 Å². The zero-order chi connectivity index (χ0) is 21.1. The Kier molecular flexibility index (Phi) is 5.76. The van der Waals surface area contributed by atoms with Gasteiger partial charge in [0.1, 0.15) is 23.7 Å². The summed E-state index contributed by atoms with van der Waals surface area (Å²) in [5, 5.41) is 10.7. The van der Waals surface area contributed by atoms with Crippen molar-refractivity contribution in [3.8, 4) is 23.2 Å². The quantitative estimate of drug-likeness (QED) is 0.660. The maximum atomic E-state index is 12.7. The van der Waals surface area contributed by atoms with Crippen molar-refractivity contribution in [2.24, 2.45) is 0 Å². The molecule has 0 saturated carbocycles. The molecular weight excluding hydrogens is 388 g/mol. The Morgan fingerprint density at radius 3 is 2.67 bits per heavy atom. The molecule has 1 aliphatic rings. The number of piperidine rings is 1. The Morgan fingerprint density at radius 1 is 1.23 bits per heavy atom. The number of hydrogen-bond acceptors (Lipinski definition) is 8. The highest BCUT2D eigenvalue weighted by Gasteiger charge is 2.22. The molecule has 0 unspecified atom stereocenters. The summed E-state index contributed by atoms with van der Waals surface area (Å²) in [6.07, 6.45) is 5.02. The van der Waals surface area contributed by atoms with Crippen molar-refractivity contribution in [1.82, 2.24) is 9.88 Å². The van der Waals surface area contributed by atoms with E-state index in [2.05, 4.69) is 16.9 Å². The van der Waals surface area contributed by atoms with E-state index in [1.165, 1.54) is 19.2 Å². The molecule has 8 heteroatoms. The van der Waals surface area contributed by atoms with E-state index >= 15 is 0 Å². The lowest BCUT2D eigenvalue weighted by atomic mass is 10.1. The maximum absolute atomic E-state index is 12.7. The number of fused-ring (bicyclic) bond motifs is 1. The topological polar surface area (TPSA) is 94.3 Å². The molecule has 0 amide bonds. The van der Waals surface area contributed by atoms with E-state index in [9.17, 15) is 9.90 Å². The highest BCUT2D eigenvalue weighted by Crippen LogP contribution is 2.42. The Hall–Kier alpha value is -3.26. The molecule has 1 aromatic carbocycles. The number of phenolic OH excluding ortho intramolecular Hbond substituents is 1. The predicted molar refractivity (Wildman–Crippen MR) is 110 cm³/mol. The standard InChI is InChI=1S/C22H24N2O6/c1-24-9-5-15(6-10-24)29-19-11-16(25)20-17(30-19)12-18(22(27-2)21(20)26)28-13-14-3-7-23-8-4-14/h3-4,7-8,11-12,15,26H,5-6,9-10,13H2,1-2H3. The minimum atomic E-state index is -0.407. The average Bonchev–Trinajstić information content (AvgIpc) is 2.74. The van der Waals surface area contributed by atoms with Gasteiger partial charge in [0.25, 0.3) is 5.95 Å². The van der Waals surface area contributed by atoms with E-state index in [1.807, 2.05) is 12.1 Å². The Labute approximate surface area is 173 Å². The second-order valence-corrected chi connectivity index (χ2v) is 7.32. The summed E-state index contributed by atoms with van der Waals surface area (Å²) in [6.45, 7) is 2.08. The molecule has 1 aliphatic heterocycles. The molecule has 8 nitrogen and oxygen atoms in total. The van der Waals surface area contributed by atoms with Crippen molar-refractivity contribution in [3.63, 3.8) is 0 Å². The lowest BCUT2D eigenvalue weighted by Crippen LogP contribution is -2.35. The molecule has 2 aromatic heterocycles. The second-order valence-electron chi connectivity index (χ2n) is 7.32. The average molecular weight is 412 g/mol. The van der Waals surface area contributed by atoms with E-state index in [-0.39, 0.29) is 46.9 Å². The molecule has 3 heterocycles. The zero-order valence-electron chi connectivity index (χ0n) is 17.0. The summed E-state index contributed by atoms with van der Waals surface area (Å²) in [5.74, 6) is 0.151. The van der Waals surface area contributed by atoms with Crippen LogP contribution in [0.15, 0.2) is 45.9 Å². The monoisotopic (exact) mass is 412 g/mol. The molecule has 1 fully saturated rings. The minimum absolute atomic E-state index is 0.0175. The molecule has 0 radical (unpaired) electrons. The van der Waals surface area contributed by atoms with E-state index in [4.69, 9.17) is 18.6 Å². The Bertz CT molecular complexity index is 1070. The maximum Gasteiger partial charge on any atom is 0.289 e. The van der Waals surface area contributed by atoms with Crippen molar-refractivity contribution >= 4 is 11.0 Å². The third-order valence-electron chi connectivity index (χ3n) is 5.19. The molecule has 4 rings (SSSR count). The molecule has 1 saturated heterocycles. The van der Waals surface area contributed by atoms with Crippen molar-refractivity contribution in [3.05, 3.63) is 52.4 Å². The SMILES string of the molecule is COc1c(OCc2ccncc2)cc2oc(OC3CCN(C)CC3)cc(=O)c2c1O. The number of aromatic nitrogens is 1. The molecule has 0 bridgehead atoms. The number of methoxy groups -OCH3 is 1. The number of benzene rings is 1. The first-order valence-electron chi connectivity index (χ1n) is 9.80.